The number of hydrogen-bond acceptors (Lipinski definition) is 9. The Balaban J connectivity index is 1.90. The molecule has 0 saturated heterocycles. The van der Waals surface area contributed by atoms with Crippen LogP contribution in [0.5, 0.6) is 5.75 Å². The number of phenols is 1. The highest BCUT2D eigenvalue weighted by molar-refractivity contribution is 6.25. The number of nitriles is 1. The minimum absolute atomic E-state index is 0.0380. The Morgan fingerprint density at radius 3 is 2.56 bits per heavy atom. The molecule has 180 valence electrons. The zero-order valence-electron chi connectivity index (χ0n) is 18.9. The Morgan fingerprint density at radius 2 is 1.97 bits per heavy atom. The van der Waals surface area contributed by atoms with E-state index in [2.05, 4.69) is 6.07 Å². The van der Waals surface area contributed by atoms with Gasteiger partial charge in [0.1, 0.15) is 17.4 Å². The zero-order valence-corrected chi connectivity index (χ0v) is 18.9. The van der Waals surface area contributed by atoms with E-state index in [4.69, 9.17) is 11.0 Å². The van der Waals surface area contributed by atoms with Crippen molar-refractivity contribution in [1.82, 2.24) is 4.90 Å². The van der Waals surface area contributed by atoms with E-state index < -0.39 is 58.7 Å². The second kappa shape index (κ2) is 8.20. The van der Waals surface area contributed by atoms with Gasteiger partial charge in [-0.2, -0.15) is 5.26 Å². The molecule has 34 heavy (non-hydrogen) atoms. The largest absolute Gasteiger partial charge is 0.507 e. The summed E-state index contributed by atoms with van der Waals surface area (Å²) < 4.78 is 0. The molecule has 1 aromatic carbocycles. The Morgan fingerprint density at radius 1 is 1.29 bits per heavy atom. The van der Waals surface area contributed by atoms with Gasteiger partial charge in [-0.1, -0.05) is 6.07 Å². The van der Waals surface area contributed by atoms with Crippen molar-refractivity contribution in [2.24, 2.45) is 23.5 Å². The smallest absolute Gasteiger partial charge is 0.230 e. The average molecular weight is 469 g/mol. The number of nitrogens with zero attached hydrogens (tertiary/aromatic N) is 2. The van der Waals surface area contributed by atoms with E-state index in [0.29, 0.717) is 12.0 Å². The first-order valence-electron chi connectivity index (χ1n) is 11.1. The number of ketones is 2. The molecule has 0 aromatic heterocycles. The first kappa shape index (κ1) is 23.9. The maximum Gasteiger partial charge on any atom is 0.230 e. The molecule has 2 fully saturated rings. The molecule has 10 heteroatoms. The van der Waals surface area contributed by atoms with Gasteiger partial charge in [-0.25, -0.2) is 0 Å². The molecule has 3 aliphatic carbocycles. The third kappa shape index (κ3) is 3.15. The van der Waals surface area contributed by atoms with Crippen molar-refractivity contribution in [3.63, 3.8) is 0 Å². The van der Waals surface area contributed by atoms with Crippen molar-refractivity contribution >= 4 is 23.2 Å². The van der Waals surface area contributed by atoms with Crippen molar-refractivity contribution in [1.29, 1.82) is 5.26 Å². The van der Waals surface area contributed by atoms with Gasteiger partial charge in [0.05, 0.1) is 17.7 Å². The fourth-order valence-electron chi connectivity index (χ4n) is 6.09. The number of primary amides is 1. The zero-order chi connectivity index (χ0) is 25.1. The van der Waals surface area contributed by atoms with Crippen LogP contribution in [0, 0.1) is 29.1 Å². The third-order valence-electron chi connectivity index (χ3n) is 7.58. The summed E-state index contributed by atoms with van der Waals surface area (Å²) in [6.07, 6.45) is -0.632. The summed E-state index contributed by atoms with van der Waals surface area (Å²) in [5, 5.41) is 53.0. The molecular weight excluding hydrogens is 442 g/mol. The van der Waals surface area contributed by atoms with Crippen LogP contribution in [0.4, 0.5) is 0 Å². The molecule has 1 amide bonds. The number of phenolic OH excluding ortho intramolecular Hbond substituents is 1. The summed E-state index contributed by atoms with van der Waals surface area (Å²) in [5.74, 6) is -7.65. The highest BCUT2D eigenvalue weighted by atomic mass is 16.3. The lowest BCUT2D eigenvalue weighted by molar-refractivity contribution is -0.184. The molecule has 0 spiro atoms. The number of benzene rings is 1. The van der Waals surface area contributed by atoms with Crippen LogP contribution in [-0.4, -0.2) is 74.6 Å². The number of nitrogens with two attached hydrogens (primary N) is 1. The van der Waals surface area contributed by atoms with Crippen LogP contribution in [0.2, 0.25) is 0 Å². The number of carbonyl (C=O) groups excluding carboxylic acids is 3. The van der Waals surface area contributed by atoms with E-state index in [9.17, 15) is 34.8 Å². The molecule has 0 heterocycles. The van der Waals surface area contributed by atoms with Crippen molar-refractivity contribution in [2.45, 2.75) is 43.4 Å². The fraction of sp³-hybridized carbons (Fsp3) is 0.500. The molecule has 10 nitrogen and oxygen atoms in total. The van der Waals surface area contributed by atoms with Gasteiger partial charge in [0.15, 0.2) is 11.4 Å². The Kier molecular flexibility index (Phi) is 5.76. The standard InChI is InChI=1S/C24H27N3O7/c1-27(2)18-13-9-11-8-12-10(4-3-7-25)5-6-14(28)16(12)19(29)15(11)21(31)24(13,34)22(32)17(20(18)30)23(26)33/h5-6,11,13,17-18,20,28-30,34H,3-4,8-9H2,1-2H3,(H2,26,33)/t11-,13-,17?,18-,20?,24-/m1/s1. The summed E-state index contributed by atoms with van der Waals surface area (Å²) in [7, 11) is 3.20. The van der Waals surface area contributed by atoms with E-state index in [0.717, 1.165) is 5.56 Å². The van der Waals surface area contributed by atoms with Gasteiger partial charge >= 0.3 is 0 Å². The normalized spacial score (nSPS) is 32.6. The van der Waals surface area contributed by atoms with Crippen LogP contribution in [0.3, 0.4) is 0 Å². The first-order valence-corrected chi connectivity index (χ1v) is 11.1. The number of carbonyl (C=O) groups is 3. The van der Waals surface area contributed by atoms with E-state index in [1.165, 1.54) is 6.07 Å². The third-order valence-corrected chi connectivity index (χ3v) is 7.58. The number of aromatic hydroxyl groups is 1. The van der Waals surface area contributed by atoms with Gasteiger partial charge in [-0.05, 0) is 56.5 Å². The van der Waals surface area contributed by atoms with Crippen LogP contribution in [0.1, 0.15) is 29.5 Å². The number of fused-ring (bicyclic) bond motifs is 3. The van der Waals surface area contributed by atoms with E-state index in [-0.39, 0.29) is 36.1 Å². The Hall–Kier alpha value is -3.26. The molecule has 0 bridgehead atoms. The average Bonchev–Trinajstić information content (AvgIpc) is 2.75. The van der Waals surface area contributed by atoms with Gasteiger partial charge in [-0.15, -0.1) is 0 Å². The van der Waals surface area contributed by atoms with E-state index >= 15 is 0 Å². The minimum Gasteiger partial charge on any atom is -0.507 e. The van der Waals surface area contributed by atoms with Gasteiger partial charge in [0.25, 0.3) is 0 Å². The number of hydrogen-bond donors (Lipinski definition) is 5. The molecule has 6 N–H and O–H groups in total. The van der Waals surface area contributed by atoms with Gasteiger partial charge in [-0.3, -0.25) is 14.4 Å². The number of Topliss-reactive ketones (excluding diaryl/α,β-unsaturated/α-hetero) is 2. The topological polar surface area (TPSA) is 185 Å². The number of likely N-dealkylation sites (N-methyl/N-ethyl adjacent to an activating group) is 1. The van der Waals surface area contributed by atoms with E-state index in [1.807, 2.05) is 0 Å². The number of aliphatic hydroxyl groups is 3. The van der Waals surface area contributed by atoms with Crippen LogP contribution in [0.25, 0.3) is 5.76 Å². The number of aryl methyl sites for hydroxylation is 1. The van der Waals surface area contributed by atoms with Crippen molar-refractivity contribution in [3.8, 4) is 11.8 Å². The van der Waals surface area contributed by atoms with Crippen molar-refractivity contribution in [3.05, 3.63) is 34.4 Å². The highest BCUT2D eigenvalue weighted by Gasteiger charge is 2.67. The summed E-state index contributed by atoms with van der Waals surface area (Å²) in [4.78, 5) is 40.5. The van der Waals surface area contributed by atoms with Gasteiger partial charge < -0.3 is 31.1 Å². The van der Waals surface area contributed by atoms with Crippen molar-refractivity contribution in [2.75, 3.05) is 14.1 Å². The lowest BCUT2D eigenvalue weighted by Gasteiger charge is -2.53. The SMILES string of the molecule is CN(C)[C@H]1C(O)C(C(N)=O)C(=O)[C@]2(O)C(=O)C3=C(O)c4c(O)ccc(CCC#N)c4C[C@@H]3C[C@H]12. The maximum atomic E-state index is 13.7. The minimum atomic E-state index is -2.67. The fourth-order valence-corrected chi connectivity index (χ4v) is 6.09. The first-order chi connectivity index (χ1) is 16.0. The predicted octanol–water partition coefficient (Wildman–Crippen LogP) is -0.415. The van der Waals surface area contributed by atoms with E-state index in [1.54, 1.807) is 25.1 Å². The maximum absolute atomic E-state index is 13.7. The number of aliphatic hydroxyl groups excluding tert-OH is 2. The quantitative estimate of drug-likeness (QED) is 0.365. The lowest BCUT2D eigenvalue weighted by atomic mass is 9.54. The van der Waals surface area contributed by atoms with Crippen LogP contribution >= 0.6 is 0 Å². The number of amides is 1. The molecule has 1 aromatic rings. The predicted molar refractivity (Wildman–Crippen MR) is 118 cm³/mol. The molecule has 4 rings (SSSR count). The monoisotopic (exact) mass is 469 g/mol. The molecule has 2 unspecified atom stereocenters. The molecule has 6 atom stereocenters. The second-order valence-corrected chi connectivity index (χ2v) is 9.55. The molecule has 2 saturated carbocycles. The molecule has 0 aliphatic heterocycles. The lowest BCUT2D eigenvalue weighted by Crippen LogP contribution is -2.73. The Labute approximate surface area is 195 Å². The number of rotatable bonds is 4. The molecule has 0 radical (unpaired) electrons. The van der Waals surface area contributed by atoms with Gasteiger partial charge in [0.2, 0.25) is 11.7 Å². The van der Waals surface area contributed by atoms with Crippen LogP contribution in [0.15, 0.2) is 17.7 Å². The summed E-state index contributed by atoms with van der Waals surface area (Å²) in [6, 6.07) is 4.16. The van der Waals surface area contributed by atoms with Gasteiger partial charge in [0, 0.05) is 24.0 Å². The van der Waals surface area contributed by atoms with Crippen LogP contribution < -0.4 is 5.73 Å². The van der Waals surface area contributed by atoms with Crippen molar-refractivity contribution < 1.29 is 34.8 Å². The summed E-state index contributed by atoms with van der Waals surface area (Å²) >= 11 is 0. The van der Waals surface area contributed by atoms with Crippen LogP contribution in [-0.2, 0) is 27.2 Å². The summed E-state index contributed by atoms with van der Waals surface area (Å²) in [5.41, 5.74) is 3.88. The Bertz CT molecular complexity index is 1170. The summed E-state index contributed by atoms with van der Waals surface area (Å²) in [6.45, 7) is 0. The molecule has 3 aliphatic rings. The second-order valence-electron chi connectivity index (χ2n) is 9.55. The molecular formula is C24H27N3O7. The highest BCUT2D eigenvalue weighted by Crippen LogP contribution is 2.52.